The number of nitrogen functional groups attached to an aromatic ring is 1. The Morgan fingerprint density at radius 3 is 2.57 bits per heavy atom. The predicted octanol–water partition coefficient (Wildman–Crippen LogP) is 1.09. The van der Waals surface area contributed by atoms with Crippen LogP contribution in [-0.2, 0) is 10.1 Å². The van der Waals surface area contributed by atoms with E-state index in [0.29, 0.717) is 4.90 Å². The number of benzene rings is 1. The summed E-state index contributed by atoms with van der Waals surface area (Å²) in [6.07, 6.45) is 0. The van der Waals surface area contributed by atoms with Crippen molar-refractivity contribution in [3.05, 3.63) is 18.2 Å². The highest BCUT2D eigenvalue weighted by Crippen LogP contribution is 2.26. The van der Waals surface area contributed by atoms with Crippen LogP contribution in [0.3, 0.4) is 0 Å². The molecule has 0 saturated carbocycles. The molecule has 0 fully saturated rings. The molecule has 1 aromatic carbocycles. The van der Waals surface area contributed by atoms with Gasteiger partial charge in [0.1, 0.15) is 5.40 Å². The fraction of sp³-hybridized carbons (Fsp3) is 0. The summed E-state index contributed by atoms with van der Waals surface area (Å²) in [4.78, 5) is 0.178. The number of thiocyanates is 1. The molecule has 0 aliphatic rings. The maximum Gasteiger partial charge on any atom is 0.294 e. The van der Waals surface area contributed by atoms with Gasteiger partial charge in [-0.3, -0.25) is 4.55 Å². The van der Waals surface area contributed by atoms with Crippen LogP contribution in [0.2, 0.25) is 0 Å². The molecule has 0 heterocycles. The van der Waals surface area contributed by atoms with Gasteiger partial charge in [-0.1, -0.05) is 0 Å². The van der Waals surface area contributed by atoms with Crippen LogP contribution >= 0.6 is 11.8 Å². The monoisotopic (exact) mass is 230 g/mol. The summed E-state index contributed by atoms with van der Waals surface area (Å²) in [5, 5.41) is 10.2. The Morgan fingerprint density at radius 1 is 1.50 bits per heavy atom. The second kappa shape index (κ2) is 3.88. The zero-order valence-corrected chi connectivity index (χ0v) is 8.47. The molecule has 0 aliphatic carbocycles. The van der Waals surface area contributed by atoms with Crippen molar-refractivity contribution >= 4 is 27.6 Å². The molecule has 7 heteroatoms. The zero-order chi connectivity index (χ0) is 10.8. The van der Waals surface area contributed by atoms with Crippen molar-refractivity contribution in [3.63, 3.8) is 0 Å². The molecule has 5 nitrogen and oxygen atoms in total. The van der Waals surface area contributed by atoms with Crippen molar-refractivity contribution < 1.29 is 13.0 Å². The van der Waals surface area contributed by atoms with Crippen LogP contribution in [0.5, 0.6) is 0 Å². The summed E-state index contributed by atoms with van der Waals surface area (Å²) < 4.78 is 30.0. The summed E-state index contributed by atoms with van der Waals surface area (Å²) in [6.45, 7) is 0. The number of thioether (sulfide) groups is 1. The molecule has 14 heavy (non-hydrogen) atoms. The molecule has 0 amide bonds. The lowest BCUT2D eigenvalue weighted by Crippen LogP contribution is -1.99. The lowest BCUT2D eigenvalue weighted by Gasteiger charge is -2.02. The minimum absolute atomic E-state index is 0.145. The molecule has 0 aliphatic heterocycles. The average Bonchev–Trinajstić information content (AvgIpc) is 2.07. The van der Waals surface area contributed by atoms with Gasteiger partial charge in [0.05, 0.1) is 4.90 Å². The molecular weight excluding hydrogens is 224 g/mol. The first-order valence-corrected chi connectivity index (χ1v) is 5.64. The van der Waals surface area contributed by atoms with E-state index in [1.165, 1.54) is 12.1 Å². The van der Waals surface area contributed by atoms with E-state index in [4.69, 9.17) is 15.5 Å². The topological polar surface area (TPSA) is 104 Å². The molecule has 3 N–H and O–H groups in total. The lowest BCUT2D eigenvalue weighted by molar-refractivity contribution is 0.483. The number of rotatable bonds is 2. The van der Waals surface area contributed by atoms with Gasteiger partial charge in [-0.2, -0.15) is 13.7 Å². The first kappa shape index (κ1) is 10.8. The molecule has 0 saturated heterocycles. The van der Waals surface area contributed by atoms with E-state index >= 15 is 0 Å². The third-order valence-corrected chi connectivity index (χ3v) is 2.97. The van der Waals surface area contributed by atoms with Crippen LogP contribution in [0, 0.1) is 10.7 Å². The number of nitrogens with two attached hydrogens (primary N) is 1. The molecule has 0 bridgehead atoms. The summed E-state index contributed by atoms with van der Waals surface area (Å²) in [5.74, 6) is 0. The van der Waals surface area contributed by atoms with Crippen molar-refractivity contribution in [3.8, 4) is 5.40 Å². The van der Waals surface area contributed by atoms with Crippen molar-refractivity contribution in [2.24, 2.45) is 0 Å². The van der Waals surface area contributed by atoms with Crippen LogP contribution in [0.25, 0.3) is 0 Å². The Morgan fingerprint density at radius 2 is 2.14 bits per heavy atom. The highest BCUT2D eigenvalue weighted by atomic mass is 32.2. The third-order valence-electron chi connectivity index (χ3n) is 1.43. The fourth-order valence-electron chi connectivity index (χ4n) is 0.829. The number of nitrogens with zero attached hydrogens (tertiary/aromatic N) is 1. The van der Waals surface area contributed by atoms with Gasteiger partial charge in [0.2, 0.25) is 0 Å². The standard InChI is InChI=1S/C7H6N2O3S2/c8-4-13-7-2-1-5(3-6(7)9)14(10,11)12/h1-3H,9H2,(H,10,11,12). The van der Waals surface area contributed by atoms with E-state index < -0.39 is 10.1 Å². The van der Waals surface area contributed by atoms with E-state index in [9.17, 15) is 8.42 Å². The van der Waals surface area contributed by atoms with E-state index in [-0.39, 0.29) is 10.6 Å². The van der Waals surface area contributed by atoms with Crippen molar-refractivity contribution in [1.82, 2.24) is 0 Å². The first-order valence-electron chi connectivity index (χ1n) is 3.38. The average molecular weight is 230 g/mol. The van der Waals surface area contributed by atoms with Crippen LogP contribution in [0.15, 0.2) is 28.0 Å². The second-order valence-electron chi connectivity index (χ2n) is 2.37. The summed E-state index contributed by atoms with van der Waals surface area (Å²) in [5.41, 5.74) is 5.60. The zero-order valence-electron chi connectivity index (χ0n) is 6.84. The van der Waals surface area contributed by atoms with Gasteiger partial charge in [0.25, 0.3) is 10.1 Å². The van der Waals surface area contributed by atoms with Crippen molar-refractivity contribution in [1.29, 1.82) is 5.26 Å². The van der Waals surface area contributed by atoms with E-state index in [1.807, 2.05) is 5.40 Å². The van der Waals surface area contributed by atoms with Crippen LogP contribution in [0.4, 0.5) is 5.69 Å². The second-order valence-corrected chi connectivity index (χ2v) is 4.62. The van der Waals surface area contributed by atoms with E-state index in [0.717, 1.165) is 17.8 Å². The minimum Gasteiger partial charge on any atom is -0.398 e. The van der Waals surface area contributed by atoms with Crippen LogP contribution in [0.1, 0.15) is 0 Å². The molecule has 1 rings (SSSR count). The summed E-state index contributed by atoms with van der Waals surface area (Å²) in [6, 6.07) is 3.66. The number of hydrogen-bond acceptors (Lipinski definition) is 5. The molecule has 0 aromatic heterocycles. The van der Waals surface area contributed by atoms with Crippen LogP contribution in [-0.4, -0.2) is 13.0 Å². The number of anilines is 1. The van der Waals surface area contributed by atoms with E-state index in [1.54, 1.807) is 0 Å². The Bertz CT molecular complexity index is 490. The van der Waals surface area contributed by atoms with E-state index in [2.05, 4.69) is 0 Å². The molecule has 0 atom stereocenters. The molecule has 1 aromatic rings. The SMILES string of the molecule is N#CSc1ccc(S(=O)(=O)O)cc1N. The molecule has 74 valence electrons. The third kappa shape index (κ3) is 2.38. The fourth-order valence-corrected chi connectivity index (χ4v) is 1.76. The molecule has 0 radical (unpaired) electrons. The van der Waals surface area contributed by atoms with Gasteiger partial charge < -0.3 is 5.73 Å². The molecule has 0 unspecified atom stereocenters. The summed E-state index contributed by atoms with van der Waals surface area (Å²) in [7, 11) is -4.23. The minimum atomic E-state index is -4.23. The number of nitriles is 1. The largest absolute Gasteiger partial charge is 0.398 e. The lowest BCUT2D eigenvalue weighted by atomic mass is 10.3. The Labute approximate surface area is 85.3 Å². The maximum absolute atomic E-state index is 10.7. The van der Waals surface area contributed by atoms with Gasteiger partial charge in [0, 0.05) is 10.6 Å². The quantitative estimate of drug-likeness (QED) is 0.341. The van der Waals surface area contributed by atoms with Crippen molar-refractivity contribution in [2.75, 3.05) is 5.73 Å². The maximum atomic E-state index is 10.7. The smallest absolute Gasteiger partial charge is 0.294 e. The first-order chi connectivity index (χ1) is 6.45. The van der Waals surface area contributed by atoms with Gasteiger partial charge in [0.15, 0.2) is 0 Å². The predicted molar refractivity (Wildman–Crippen MR) is 52.1 cm³/mol. The van der Waals surface area contributed by atoms with Crippen LogP contribution < -0.4 is 5.73 Å². The Balaban J connectivity index is 3.21. The summed E-state index contributed by atoms with van der Waals surface area (Å²) >= 11 is 0.825. The van der Waals surface area contributed by atoms with Gasteiger partial charge >= 0.3 is 0 Å². The van der Waals surface area contributed by atoms with Gasteiger partial charge in [-0.25, -0.2) is 0 Å². The highest BCUT2D eigenvalue weighted by molar-refractivity contribution is 8.03. The molecular formula is C7H6N2O3S2. The highest BCUT2D eigenvalue weighted by Gasteiger charge is 2.11. The van der Waals surface area contributed by atoms with Gasteiger partial charge in [-0.15, -0.1) is 0 Å². The normalized spacial score (nSPS) is 10.9. The number of hydrogen-bond donors (Lipinski definition) is 2. The molecule has 0 spiro atoms. The Hall–Kier alpha value is -1.23. The van der Waals surface area contributed by atoms with Gasteiger partial charge in [-0.05, 0) is 30.0 Å². The van der Waals surface area contributed by atoms with Crippen molar-refractivity contribution in [2.45, 2.75) is 9.79 Å². The Kier molecular flexibility index (Phi) is 3.00.